The van der Waals surface area contributed by atoms with E-state index >= 15 is 0 Å². The molecule has 2 rings (SSSR count). The summed E-state index contributed by atoms with van der Waals surface area (Å²) < 4.78 is 0. The van der Waals surface area contributed by atoms with Crippen LogP contribution >= 0.6 is 0 Å². The molecule has 1 heterocycles. The molecule has 1 aliphatic heterocycles. The number of nitrogens with zero attached hydrogens (tertiary/aromatic N) is 1. The van der Waals surface area contributed by atoms with E-state index in [1.165, 1.54) is 0 Å². The van der Waals surface area contributed by atoms with Crippen LogP contribution in [0.25, 0.3) is 0 Å². The minimum Gasteiger partial charge on any atom is -0.481 e. The molecule has 0 aliphatic carbocycles. The van der Waals surface area contributed by atoms with Gasteiger partial charge in [0.2, 0.25) is 5.91 Å². The van der Waals surface area contributed by atoms with Crippen LogP contribution in [-0.4, -0.2) is 27.9 Å². The van der Waals surface area contributed by atoms with Crippen LogP contribution in [0.3, 0.4) is 0 Å². The summed E-state index contributed by atoms with van der Waals surface area (Å²) in [5.74, 6) is -1.10. The van der Waals surface area contributed by atoms with E-state index in [1.807, 2.05) is 24.3 Å². The van der Waals surface area contributed by atoms with Gasteiger partial charge in [-0.3, -0.25) is 9.59 Å². The lowest BCUT2D eigenvalue weighted by molar-refractivity contribution is -0.137. The number of carboxylic acids is 1. The van der Waals surface area contributed by atoms with Gasteiger partial charge in [-0.1, -0.05) is 24.3 Å². The summed E-state index contributed by atoms with van der Waals surface area (Å²) >= 11 is 0. The zero-order valence-electron chi connectivity index (χ0n) is 10.0. The number of carbonyl (C=O) groups excluding carboxylic acids is 1. The third-order valence-corrected chi connectivity index (χ3v) is 3.14. The summed E-state index contributed by atoms with van der Waals surface area (Å²) in [6.45, 7) is 1.13. The summed E-state index contributed by atoms with van der Waals surface area (Å²) in [6.07, 6.45) is 0.106. The molecule has 1 amide bonds. The second-order valence-corrected chi connectivity index (χ2v) is 4.50. The summed E-state index contributed by atoms with van der Waals surface area (Å²) in [7, 11) is 0. The van der Waals surface area contributed by atoms with Gasteiger partial charge in [-0.15, -0.1) is 0 Å². The van der Waals surface area contributed by atoms with E-state index in [-0.39, 0.29) is 18.7 Å². The molecular formula is C13H16N2O3. The first-order valence-corrected chi connectivity index (χ1v) is 5.91. The predicted molar refractivity (Wildman–Crippen MR) is 65.5 cm³/mol. The van der Waals surface area contributed by atoms with Crippen molar-refractivity contribution in [2.45, 2.75) is 32.0 Å². The highest BCUT2D eigenvalue weighted by molar-refractivity contribution is 5.82. The van der Waals surface area contributed by atoms with Gasteiger partial charge in [-0.2, -0.15) is 0 Å². The average Bonchev–Trinajstić information content (AvgIpc) is 2.78. The number of nitrogens with two attached hydrogens (primary N) is 1. The van der Waals surface area contributed by atoms with E-state index in [2.05, 4.69) is 0 Å². The van der Waals surface area contributed by atoms with Gasteiger partial charge in [0.05, 0.1) is 6.04 Å². The monoisotopic (exact) mass is 248 g/mol. The van der Waals surface area contributed by atoms with E-state index in [0.717, 1.165) is 11.1 Å². The molecule has 0 saturated heterocycles. The van der Waals surface area contributed by atoms with Crippen molar-refractivity contribution in [3.05, 3.63) is 35.4 Å². The maximum Gasteiger partial charge on any atom is 0.303 e. The van der Waals surface area contributed by atoms with Crippen LogP contribution in [0, 0.1) is 0 Å². The van der Waals surface area contributed by atoms with Crippen LogP contribution in [0.5, 0.6) is 0 Å². The predicted octanol–water partition coefficient (Wildman–Crippen LogP) is 0.721. The molecule has 1 aromatic rings. The molecule has 96 valence electrons. The fourth-order valence-electron chi connectivity index (χ4n) is 2.13. The quantitative estimate of drug-likeness (QED) is 0.822. The molecule has 0 spiro atoms. The van der Waals surface area contributed by atoms with E-state index in [1.54, 1.807) is 4.90 Å². The van der Waals surface area contributed by atoms with Crippen molar-refractivity contribution >= 4 is 11.9 Å². The van der Waals surface area contributed by atoms with Gasteiger partial charge in [-0.05, 0) is 17.5 Å². The van der Waals surface area contributed by atoms with Gasteiger partial charge < -0.3 is 15.7 Å². The first-order chi connectivity index (χ1) is 8.58. The zero-order chi connectivity index (χ0) is 13.1. The molecule has 0 bridgehead atoms. The maximum atomic E-state index is 12.0. The van der Waals surface area contributed by atoms with Crippen molar-refractivity contribution < 1.29 is 14.7 Å². The molecule has 3 N–H and O–H groups in total. The zero-order valence-corrected chi connectivity index (χ0v) is 10.0. The standard InChI is InChI=1S/C13H16N2O3/c14-11(5-6-12(16)17)13(18)15-7-9-3-1-2-4-10(9)8-15/h1-4,11H,5-8,14H2,(H,16,17)/t11-/m1/s1. The Balaban J connectivity index is 1.94. The molecule has 0 fully saturated rings. The van der Waals surface area contributed by atoms with Gasteiger partial charge in [0, 0.05) is 19.5 Å². The Labute approximate surface area is 105 Å². The van der Waals surface area contributed by atoms with Crippen molar-refractivity contribution in [3.63, 3.8) is 0 Å². The highest BCUT2D eigenvalue weighted by atomic mass is 16.4. The van der Waals surface area contributed by atoms with Crippen LogP contribution in [0.2, 0.25) is 0 Å². The third-order valence-electron chi connectivity index (χ3n) is 3.14. The van der Waals surface area contributed by atoms with E-state index in [0.29, 0.717) is 13.1 Å². The summed E-state index contributed by atoms with van der Waals surface area (Å²) in [6, 6.07) is 7.14. The van der Waals surface area contributed by atoms with Crippen molar-refractivity contribution in [2.75, 3.05) is 0 Å². The number of amides is 1. The number of carbonyl (C=O) groups is 2. The average molecular weight is 248 g/mol. The second kappa shape index (κ2) is 5.18. The minimum absolute atomic E-state index is 0.0757. The Morgan fingerprint density at radius 3 is 2.33 bits per heavy atom. The van der Waals surface area contributed by atoms with Crippen LogP contribution in [0.4, 0.5) is 0 Å². The molecule has 5 nitrogen and oxygen atoms in total. The Kier molecular flexibility index (Phi) is 3.62. The van der Waals surface area contributed by atoms with Crippen LogP contribution in [0.1, 0.15) is 24.0 Å². The van der Waals surface area contributed by atoms with E-state index in [4.69, 9.17) is 10.8 Å². The van der Waals surface area contributed by atoms with Gasteiger partial charge in [0.1, 0.15) is 0 Å². The first-order valence-electron chi connectivity index (χ1n) is 5.91. The molecule has 0 unspecified atom stereocenters. The lowest BCUT2D eigenvalue weighted by atomic mass is 10.1. The van der Waals surface area contributed by atoms with Gasteiger partial charge in [-0.25, -0.2) is 0 Å². The molecule has 0 saturated carbocycles. The van der Waals surface area contributed by atoms with Crippen molar-refractivity contribution in [2.24, 2.45) is 5.73 Å². The van der Waals surface area contributed by atoms with E-state index in [9.17, 15) is 9.59 Å². The van der Waals surface area contributed by atoms with Crippen molar-refractivity contribution in [1.82, 2.24) is 4.90 Å². The fraction of sp³-hybridized carbons (Fsp3) is 0.385. The normalized spacial score (nSPS) is 15.3. The summed E-state index contributed by atoms with van der Waals surface area (Å²) in [4.78, 5) is 24.2. The number of rotatable bonds is 4. The van der Waals surface area contributed by atoms with Crippen molar-refractivity contribution in [1.29, 1.82) is 0 Å². The van der Waals surface area contributed by atoms with E-state index < -0.39 is 12.0 Å². The fourth-order valence-corrected chi connectivity index (χ4v) is 2.13. The van der Waals surface area contributed by atoms with Crippen molar-refractivity contribution in [3.8, 4) is 0 Å². The Morgan fingerprint density at radius 1 is 1.28 bits per heavy atom. The number of benzene rings is 1. The van der Waals surface area contributed by atoms with Gasteiger partial charge >= 0.3 is 5.97 Å². The molecule has 1 aromatic carbocycles. The number of fused-ring (bicyclic) bond motifs is 1. The largest absolute Gasteiger partial charge is 0.481 e. The third kappa shape index (κ3) is 2.68. The highest BCUT2D eigenvalue weighted by Gasteiger charge is 2.26. The first kappa shape index (κ1) is 12.6. The Hall–Kier alpha value is -1.88. The molecule has 5 heteroatoms. The Morgan fingerprint density at radius 2 is 1.83 bits per heavy atom. The highest BCUT2D eigenvalue weighted by Crippen LogP contribution is 2.22. The lowest BCUT2D eigenvalue weighted by Gasteiger charge is -2.19. The number of carboxylic acid groups (broad SMARTS) is 1. The number of hydrogen-bond donors (Lipinski definition) is 2. The van der Waals surface area contributed by atoms with Gasteiger partial charge in [0.15, 0.2) is 0 Å². The topological polar surface area (TPSA) is 83.6 Å². The van der Waals surface area contributed by atoms with Crippen LogP contribution in [0.15, 0.2) is 24.3 Å². The second-order valence-electron chi connectivity index (χ2n) is 4.50. The molecule has 1 atom stereocenters. The van der Waals surface area contributed by atoms with Crippen LogP contribution in [-0.2, 0) is 22.7 Å². The summed E-state index contributed by atoms with van der Waals surface area (Å²) in [5, 5.41) is 8.57. The number of hydrogen-bond acceptors (Lipinski definition) is 3. The minimum atomic E-state index is -0.928. The molecule has 0 radical (unpaired) electrons. The maximum absolute atomic E-state index is 12.0. The SMILES string of the molecule is N[C@H](CCC(=O)O)C(=O)N1Cc2ccccc2C1. The smallest absolute Gasteiger partial charge is 0.303 e. The molecular weight excluding hydrogens is 232 g/mol. The number of aliphatic carboxylic acids is 1. The molecule has 0 aromatic heterocycles. The van der Waals surface area contributed by atoms with Crippen LogP contribution < -0.4 is 5.73 Å². The molecule has 18 heavy (non-hydrogen) atoms. The summed E-state index contributed by atoms with van der Waals surface area (Å²) in [5.41, 5.74) is 8.00. The molecule has 1 aliphatic rings. The Bertz CT molecular complexity index is 448. The lowest BCUT2D eigenvalue weighted by Crippen LogP contribution is -2.41. The van der Waals surface area contributed by atoms with Gasteiger partial charge in [0.25, 0.3) is 0 Å².